The first-order valence-corrected chi connectivity index (χ1v) is 9.04. The lowest BCUT2D eigenvalue weighted by atomic mass is 10.1. The molecule has 1 N–H and O–H groups in total. The number of carbonyl (C=O) groups excluding carboxylic acids is 2. The molecule has 26 heavy (non-hydrogen) atoms. The fourth-order valence-corrected chi connectivity index (χ4v) is 2.73. The maximum atomic E-state index is 11.9. The molecule has 0 heterocycles. The molecule has 138 valence electrons. The van der Waals surface area contributed by atoms with Crippen molar-refractivity contribution >= 4 is 27.8 Å². The molecule has 0 saturated carbocycles. The number of rotatable bonds is 7. The first kappa shape index (κ1) is 20.0. The van der Waals surface area contributed by atoms with Gasteiger partial charge in [0.25, 0.3) is 5.91 Å². The summed E-state index contributed by atoms with van der Waals surface area (Å²) >= 11 is 3.37. The van der Waals surface area contributed by atoms with Crippen LogP contribution in [0.2, 0.25) is 0 Å². The molecule has 0 unspecified atom stereocenters. The SMILES string of the molecule is Cc1cc(C)cc(OCC(=O)OCC(=O)N[C@@H](C)c2ccc(Br)cc2)c1. The Kier molecular flexibility index (Phi) is 7.21. The zero-order valence-electron chi connectivity index (χ0n) is 15.0. The Morgan fingerprint density at radius 3 is 2.27 bits per heavy atom. The number of aryl methyl sites for hydroxylation is 2. The van der Waals surface area contributed by atoms with Gasteiger partial charge in [-0.05, 0) is 61.7 Å². The van der Waals surface area contributed by atoms with Crippen LogP contribution < -0.4 is 10.1 Å². The van der Waals surface area contributed by atoms with Gasteiger partial charge >= 0.3 is 5.97 Å². The van der Waals surface area contributed by atoms with Gasteiger partial charge in [0.1, 0.15) is 5.75 Å². The van der Waals surface area contributed by atoms with Crippen molar-refractivity contribution in [1.82, 2.24) is 5.32 Å². The molecule has 0 aliphatic carbocycles. The molecule has 0 aliphatic rings. The van der Waals surface area contributed by atoms with Gasteiger partial charge in [0.2, 0.25) is 0 Å². The molecule has 1 atom stereocenters. The molecule has 2 aromatic rings. The Morgan fingerprint density at radius 2 is 1.65 bits per heavy atom. The zero-order chi connectivity index (χ0) is 19.1. The summed E-state index contributed by atoms with van der Waals surface area (Å²) in [5, 5.41) is 2.79. The van der Waals surface area contributed by atoms with E-state index in [2.05, 4.69) is 21.2 Å². The summed E-state index contributed by atoms with van der Waals surface area (Å²) < 4.78 is 11.3. The normalized spacial score (nSPS) is 11.5. The van der Waals surface area contributed by atoms with Crippen molar-refractivity contribution in [2.75, 3.05) is 13.2 Å². The highest BCUT2D eigenvalue weighted by Gasteiger charge is 2.12. The Morgan fingerprint density at radius 1 is 1.04 bits per heavy atom. The summed E-state index contributed by atoms with van der Waals surface area (Å²) in [6.45, 7) is 5.20. The van der Waals surface area contributed by atoms with E-state index in [4.69, 9.17) is 9.47 Å². The molecule has 6 heteroatoms. The van der Waals surface area contributed by atoms with Crippen molar-refractivity contribution in [2.24, 2.45) is 0 Å². The number of hydrogen-bond acceptors (Lipinski definition) is 4. The molecule has 2 aromatic carbocycles. The molecule has 0 aromatic heterocycles. The first-order chi connectivity index (χ1) is 12.3. The van der Waals surface area contributed by atoms with Gasteiger partial charge < -0.3 is 14.8 Å². The fourth-order valence-electron chi connectivity index (χ4n) is 2.46. The van der Waals surface area contributed by atoms with Gasteiger partial charge in [-0.2, -0.15) is 0 Å². The number of amides is 1. The van der Waals surface area contributed by atoms with Crippen LogP contribution in [-0.2, 0) is 14.3 Å². The predicted molar refractivity (Wildman–Crippen MR) is 103 cm³/mol. The molecule has 0 fully saturated rings. The van der Waals surface area contributed by atoms with Crippen LogP contribution in [0.3, 0.4) is 0 Å². The number of halogens is 1. The lowest BCUT2D eigenvalue weighted by Gasteiger charge is -2.14. The number of benzene rings is 2. The average molecular weight is 420 g/mol. The molecule has 0 aliphatic heterocycles. The molecule has 0 bridgehead atoms. The Balaban J connectivity index is 1.74. The lowest BCUT2D eigenvalue weighted by molar-refractivity contribution is -0.150. The summed E-state index contributed by atoms with van der Waals surface area (Å²) in [6.07, 6.45) is 0. The minimum absolute atomic E-state index is 0.180. The topological polar surface area (TPSA) is 64.6 Å². The smallest absolute Gasteiger partial charge is 0.344 e. The predicted octanol–water partition coefficient (Wildman–Crippen LogP) is 3.87. The molecular weight excluding hydrogens is 398 g/mol. The van der Waals surface area contributed by atoms with Crippen LogP contribution in [0.25, 0.3) is 0 Å². The van der Waals surface area contributed by atoms with Gasteiger partial charge in [0.05, 0.1) is 6.04 Å². The highest BCUT2D eigenvalue weighted by atomic mass is 79.9. The van der Waals surface area contributed by atoms with E-state index in [0.717, 1.165) is 21.2 Å². The van der Waals surface area contributed by atoms with Crippen LogP contribution in [0.1, 0.15) is 29.7 Å². The van der Waals surface area contributed by atoms with E-state index in [1.54, 1.807) is 0 Å². The van der Waals surface area contributed by atoms with Gasteiger partial charge in [0, 0.05) is 4.47 Å². The maximum Gasteiger partial charge on any atom is 0.344 e. The van der Waals surface area contributed by atoms with Crippen molar-refractivity contribution in [3.63, 3.8) is 0 Å². The Hall–Kier alpha value is -2.34. The average Bonchev–Trinajstić information content (AvgIpc) is 2.58. The quantitative estimate of drug-likeness (QED) is 0.691. The number of carbonyl (C=O) groups is 2. The standard InChI is InChI=1S/C20H22BrNO4/c1-13-8-14(2)10-18(9-13)25-12-20(24)26-11-19(23)22-15(3)16-4-6-17(21)7-5-16/h4-10,15H,11-12H2,1-3H3,(H,22,23)/t15-/m0/s1. The zero-order valence-corrected chi connectivity index (χ0v) is 16.6. The van der Waals surface area contributed by atoms with Crippen LogP contribution in [0, 0.1) is 13.8 Å². The largest absolute Gasteiger partial charge is 0.482 e. The molecule has 2 rings (SSSR count). The van der Waals surface area contributed by atoms with Crippen molar-refractivity contribution in [1.29, 1.82) is 0 Å². The number of nitrogens with one attached hydrogen (secondary N) is 1. The third kappa shape index (κ3) is 6.52. The van der Waals surface area contributed by atoms with E-state index in [1.807, 2.05) is 63.2 Å². The van der Waals surface area contributed by atoms with E-state index in [0.29, 0.717) is 5.75 Å². The van der Waals surface area contributed by atoms with Gasteiger partial charge in [0.15, 0.2) is 13.2 Å². The molecule has 0 radical (unpaired) electrons. The van der Waals surface area contributed by atoms with Gasteiger partial charge in [-0.25, -0.2) is 4.79 Å². The van der Waals surface area contributed by atoms with Gasteiger partial charge in [-0.1, -0.05) is 34.1 Å². The second-order valence-corrected chi connectivity index (χ2v) is 7.03. The lowest BCUT2D eigenvalue weighted by Crippen LogP contribution is -2.31. The summed E-state index contributed by atoms with van der Waals surface area (Å²) in [6, 6.07) is 13.2. The van der Waals surface area contributed by atoms with Crippen LogP contribution in [0.15, 0.2) is 46.9 Å². The van der Waals surface area contributed by atoms with Crippen molar-refractivity contribution in [3.8, 4) is 5.75 Å². The minimum Gasteiger partial charge on any atom is -0.482 e. The second kappa shape index (κ2) is 9.38. The van der Waals surface area contributed by atoms with Crippen LogP contribution in [0.5, 0.6) is 5.75 Å². The second-order valence-electron chi connectivity index (χ2n) is 6.11. The van der Waals surface area contributed by atoms with Crippen LogP contribution in [-0.4, -0.2) is 25.1 Å². The van der Waals surface area contributed by atoms with Gasteiger partial charge in [-0.15, -0.1) is 0 Å². The highest BCUT2D eigenvalue weighted by Crippen LogP contribution is 2.17. The van der Waals surface area contributed by atoms with Gasteiger partial charge in [-0.3, -0.25) is 4.79 Å². The summed E-state index contributed by atoms with van der Waals surface area (Å²) in [7, 11) is 0. The minimum atomic E-state index is -0.587. The van der Waals surface area contributed by atoms with E-state index < -0.39 is 5.97 Å². The fraction of sp³-hybridized carbons (Fsp3) is 0.300. The summed E-state index contributed by atoms with van der Waals surface area (Å²) in [4.78, 5) is 23.7. The Bertz CT molecular complexity index is 754. The third-order valence-corrected chi connectivity index (χ3v) is 4.19. The number of ether oxygens (including phenoxy) is 2. The highest BCUT2D eigenvalue weighted by molar-refractivity contribution is 9.10. The molecule has 0 saturated heterocycles. The molecule has 5 nitrogen and oxygen atoms in total. The summed E-state index contributed by atoms with van der Waals surface area (Å²) in [5.41, 5.74) is 3.07. The van der Waals surface area contributed by atoms with E-state index in [9.17, 15) is 9.59 Å². The molecule has 1 amide bonds. The number of hydrogen-bond donors (Lipinski definition) is 1. The first-order valence-electron chi connectivity index (χ1n) is 8.25. The summed E-state index contributed by atoms with van der Waals surface area (Å²) in [5.74, 6) is -0.344. The van der Waals surface area contributed by atoms with Crippen molar-refractivity contribution in [3.05, 3.63) is 63.6 Å². The monoisotopic (exact) mass is 419 g/mol. The van der Waals surface area contributed by atoms with Crippen LogP contribution in [0.4, 0.5) is 0 Å². The maximum absolute atomic E-state index is 11.9. The van der Waals surface area contributed by atoms with Crippen molar-refractivity contribution < 1.29 is 19.1 Å². The Labute approximate surface area is 161 Å². The van der Waals surface area contributed by atoms with Crippen molar-refractivity contribution in [2.45, 2.75) is 26.8 Å². The molecule has 0 spiro atoms. The van der Waals surface area contributed by atoms with E-state index in [-0.39, 0.29) is 25.2 Å². The van der Waals surface area contributed by atoms with Crippen LogP contribution >= 0.6 is 15.9 Å². The van der Waals surface area contributed by atoms with E-state index in [1.165, 1.54) is 0 Å². The van der Waals surface area contributed by atoms with E-state index >= 15 is 0 Å². The number of esters is 1. The third-order valence-electron chi connectivity index (χ3n) is 3.66. The molecular formula is C20H22BrNO4.